The van der Waals surface area contributed by atoms with Crippen LogP contribution in [0.15, 0.2) is 30.3 Å². The standard InChI is InChI=1S/C14H8F6N4/c1-7-6-8(2-3-9(7)13(15,16)17)10-4-5-11-21-22-12(14(18,19)20)24(11)23-10/h2-6H,1H3. The summed E-state index contributed by atoms with van der Waals surface area (Å²) in [5, 5.41) is 10.2. The molecule has 3 rings (SSSR count). The number of nitrogens with zero attached hydrogens (tertiary/aromatic N) is 4. The Kier molecular flexibility index (Phi) is 3.50. The Morgan fingerprint density at radius 2 is 1.58 bits per heavy atom. The lowest BCUT2D eigenvalue weighted by molar-refractivity contribution is -0.146. The Bertz CT molecular complexity index is 910. The highest BCUT2D eigenvalue weighted by Crippen LogP contribution is 2.34. The van der Waals surface area contributed by atoms with Crippen LogP contribution in [0.2, 0.25) is 0 Å². The van der Waals surface area contributed by atoms with E-state index in [2.05, 4.69) is 15.3 Å². The molecule has 0 amide bonds. The lowest BCUT2D eigenvalue weighted by Gasteiger charge is -2.11. The smallest absolute Gasteiger partial charge is 0.188 e. The number of benzene rings is 1. The highest BCUT2D eigenvalue weighted by Gasteiger charge is 2.37. The zero-order chi connectivity index (χ0) is 17.7. The molecule has 2 aromatic heterocycles. The molecule has 0 unspecified atom stereocenters. The van der Waals surface area contributed by atoms with Crippen LogP contribution >= 0.6 is 0 Å². The molecule has 2 heterocycles. The van der Waals surface area contributed by atoms with Crippen LogP contribution in [0.3, 0.4) is 0 Å². The van der Waals surface area contributed by atoms with Gasteiger partial charge in [-0.3, -0.25) is 0 Å². The molecule has 1 aromatic carbocycles. The zero-order valence-electron chi connectivity index (χ0n) is 11.9. The molecule has 0 atom stereocenters. The van der Waals surface area contributed by atoms with Gasteiger partial charge in [0.05, 0.1) is 11.3 Å². The Hall–Kier alpha value is -2.65. The van der Waals surface area contributed by atoms with Crippen LogP contribution in [0.25, 0.3) is 16.9 Å². The van der Waals surface area contributed by atoms with Crippen molar-refractivity contribution in [2.45, 2.75) is 19.3 Å². The first-order chi connectivity index (χ1) is 11.1. The molecule has 4 nitrogen and oxygen atoms in total. The molecule has 0 fully saturated rings. The average molecular weight is 346 g/mol. The van der Waals surface area contributed by atoms with E-state index in [0.29, 0.717) is 4.52 Å². The molecule has 0 aliphatic rings. The van der Waals surface area contributed by atoms with Gasteiger partial charge in [-0.1, -0.05) is 6.07 Å². The van der Waals surface area contributed by atoms with Crippen LogP contribution in [0.5, 0.6) is 0 Å². The van der Waals surface area contributed by atoms with Crippen molar-refractivity contribution in [1.29, 1.82) is 0 Å². The molecule has 0 saturated heterocycles. The van der Waals surface area contributed by atoms with E-state index in [-0.39, 0.29) is 22.5 Å². The molecular weight excluding hydrogens is 338 g/mol. The molecule has 0 aliphatic carbocycles. The first-order valence-electron chi connectivity index (χ1n) is 6.55. The fourth-order valence-corrected chi connectivity index (χ4v) is 2.26. The molecule has 126 valence electrons. The quantitative estimate of drug-likeness (QED) is 0.622. The van der Waals surface area contributed by atoms with Gasteiger partial charge in [-0.2, -0.15) is 36.0 Å². The minimum atomic E-state index is -4.75. The third-order valence-electron chi connectivity index (χ3n) is 3.34. The SMILES string of the molecule is Cc1cc(-c2ccc3nnc(C(F)(F)F)n3n2)ccc1C(F)(F)F. The summed E-state index contributed by atoms with van der Waals surface area (Å²) in [6.45, 7) is 1.27. The highest BCUT2D eigenvalue weighted by molar-refractivity contribution is 5.62. The third kappa shape index (κ3) is 2.79. The van der Waals surface area contributed by atoms with E-state index >= 15 is 0 Å². The Morgan fingerprint density at radius 1 is 0.875 bits per heavy atom. The van der Waals surface area contributed by atoms with Gasteiger partial charge in [0, 0.05) is 5.56 Å². The molecule has 0 spiro atoms. The number of rotatable bonds is 1. The Balaban J connectivity index is 2.12. The summed E-state index contributed by atoms with van der Waals surface area (Å²) < 4.78 is 77.4. The summed E-state index contributed by atoms with van der Waals surface area (Å²) in [5.41, 5.74) is -0.655. The van der Waals surface area contributed by atoms with Gasteiger partial charge in [-0.05, 0) is 36.8 Å². The van der Waals surface area contributed by atoms with Gasteiger partial charge in [0.25, 0.3) is 5.82 Å². The van der Waals surface area contributed by atoms with Crippen molar-refractivity contribution in [3.8, 4) is 11.3 Å². The maximum atomic E-state index is 12.8. The summed E-state index contributed by atoms with van der Waals surface area (Å²) in [4.78, 5) is 0. The van der Waals surface area contributed by atoms with Gasteiger partial charge in [-0.25, -0.2) is 0 Å². The molecule has 0 radical (unpaired) electrons. The monoisotopic (exact) mass is 346 g/mol. The molecule has 0 N–H and O–H groups in total. The number of fused-ring (bicyclic) bond motifs is 1. The maximum absolute atomic E-state index is 12.8. The van der Waals surface area contributed by atoms with Gasteiger partial charge < -0.3 is 0 Å². The number of aryl methyl sites for hydroxylation is 1. The fourth-order valence-electron chi connectivity index (χ4n) is 2.26. The van der Waals surface area contributed by atoms with Gasteiger partial charge >= 0.3 is 12.4 Å². The Labute approximate surface area is 130 Å². The third-order valence-corrected chi connectivity index (χ3v) is 3.34. The van der Waals surface area contributed by atoms with Crippen LogP contribution in [-0.4, -0.2) is 19.8 Å². The van der Waals surface area contributed by atoms with Crippen LogP contribution in [-0.2, 0) is 12.4 Å². The van der Waals surface area contributed by atoms with Crippen molar-refractivity contribution >= 4 is 5.65 Å². The average Bonchev–Trinajstić information content (AvgIpc) is 2.88. The van der Waals surface area contributed by atoms with Crippen molar-refractivity contribution < 1.29 is 26.3 Å². The van der Waals surface area contributed by atoms with E-state index in [1.807, 2.05) is 0 Å². The van der Waals surface area contributed by atoms with Gasteiger partial charge in [0.1, 0.15) is 0 Å². The summed E-state index contributed by atoms with van der Waals surface area (Å²) in [5.74, 6) is -1.30. The van der Waals surface area contributed by atoms with Crippen molar-refractivity contribution in [1.82, 2.24) is 19.8 Å². The largest absolute Gasteiger partial charge is 0.453 e. The van der Waals surface area contributed by atoms with E-state index < -0.39 is 23.7 Å². The number of hydrogen-bond donors (Lipinski definition) is 0. The predicted molar refractivity (Wildman–Crippen MR) is 71.0 cm³/mol. The van der Waals surface area contributed by atoms with E-state index in [9.17, 15) is 26.3 Å². The summed E-state index contributed by atoms with van der Waals surface area (Å²) in [6.07, 6.45) is -9.25. The van der Waals surface area contributed by atoms with Crippen molar-refractivity contribution in [3.63, 3.8) is 0 Å². The number of alkyl halides is 6. The van der Waals surface area contributed by atoms with Crippen molar-refractivity contribution in [2.75, 3.05) is 0 Å². The van der Waals surface area contributed by atoms with Crippen LogP contribution < -0.4 is 0 Å². The lowest BCUT2D eigenvalue weighted by atomic mass is 10.0. The van der Waals surface area contributed by atoms with Crippen LogP contribution in [0.4, 0.5) is 26.3 Å². The first kappa shape index (κ1) is 16.2. The minimum absolute atomic E-state index is 0.0540. The van der Waals surface area contributed by atoms with E-state index in [4.69, 9.17) is 0 Å². The van der Waals surface area contributed by atoms with E-state index in [1.165, 1.54) is 25.1 Å². The first-order valence-corrected chi connectivity index (χ1v) is 6.55. The zero-order valence-corrected chi connectivity index (χ0v) is 11.9. The molecular formula is C14H8F6N4. The van der Waals surface area contributed by atoms with E-state index in [0.717, 1.165) is 12.1 Å². The highest BCUT2D eigenvalue weighted by atomic mass is 19.4. The Morgan fingerprint density at radius 3 is 2.17 bits per heavy atom. The molecule has 0 saturated carbocycles. The second kappa shape index (κ2) is 5.18. The van der Waals surface area contributed by atoms with E-state index in [1.54, 1.807) is 0 Å². The number of halogens is 6. The summed E-state index contributed by atoms with van der Waals surface area (Å²) in [6, 6.07) is 5.87. The lowest BCUT2D eigenvalue weighted by Crippen LogP contribution is -2.12. The van der Waals surface area contributed by atoms with Gasteiger partial charge in [-0.15, -0.1) is 10.2 Å². The molecule has 24 heavy (non-hydrogen) atoms. The van der Waals surface area contributed by atoms with Crippen molar-refractivity contribution in [3.05, 3.63) is 47.3 Å². The minimum Gasteiger partial charge on any atom is -0.188 e. The van der Waals surface area contributed by atoms with Gasteiger partial charge in [0.15, 0.2) is 5.65 Å². The molecule has 3 aromatic rings. The number of hydrogen-bond acceptors (Lipinski definition) is 3. The topological polar surface area (TPSA) is 43.1 Å². The summed E-state index contributed by atoms with van der Waals surface area (Å²) in [7, 11) is 0. The van der Waals surface area contributed by atoms with Crippen molar-refractivity contribution in [2.24, 2.45) is 0 Å². The molecule has 0 bridgehead atoms. The molecule has 10 heteroatoms. The second-order valence-corrected chi connectivity index (χ2v) is 5.04. The van der Waals surface area contributed by atoms with Crippen LogP contribution in [0.1, 0.15) is 17.0 Å². The van der Waals surface area contributed by atoms with Crippen LogP contribution in [0, 0.1) is 6.92 Å². The predicted octanol–water partition coefficient (Wildman–Crippen LogP) is 4.14. The fraction of sp³-hybridized carbons (Fsp3) is 0.214. The second-order valence-electron chi connectivity index (χ2n) is 5.04. The maximum Gasteiger partial charge on any atom is 0.453 e. The number of aromatic nitrogens is 4. The molecule has 0 aliphatic heterocycles. The normalized spacial score (nSPS) is 12.8. The summed E-state index contributed by atoms with van der Waals surface area (Å²) >= 11 is 0. The van der Waals surface area contributed by atoms with Gasteiger partial charge in [0.2, 0.25) is 0 Å².